The van der Waals surface area contributed by atoms with Crippen molar-refractivity contribution < 1.29 is 8.42 Å². The van der Waals surface area contributed by atoms with E-state index in [-0.39, 0.29) is 30.8 Å². The Morgan fingerprint density at radius 3 is 1.88 bits per heavy atom. The normalized spacial score (nSPS) is 23.2. The summed E-state index contributed by atoms with van der Waals surface area (Å²) >= 11 is 7.05. The minimum absolute atomic E-state index is 0.107. The summed E-state index contributed by atoms with van der Waals surface area (Å²) in [4.78, 5) is -1.47. The lowest BCUT2D eigenvalue weighted by Crippen LogP contribution is -2.63. The highest BCUT2D eigenvalue weighted by molar-refractivity contribution is 7.89. The van der Waals surface area contributed by atoms with Gasteiger partial charge in [0.1, 0.15) is 4.87 Å². The van der Waals surface area contributed by atoms with Crippen molar-refractivity contribution in [3.8, 4) is 24.3 Å². The third kappa shape index (κ3) is 2.49. The minimum Gasteiger partial charge on any atom is -0.207 e. The number of hydrogen-bond donors (Lipinski definition) is 0. The second-order valence-corrected chi connectivity index (χ2v) is 10.8. The number of nitriles is 4. The summed E-state index contributed by atoms with van der Waals surface area (Å²) in [5, 5.41) is 39.9. The molecule has 3 aliphatic carbocycles. The molecule has 0 N–H and O–H groups in total. The van der Waals surface area contributed by atoms with Crippen molar-refractivity contribution in [1.82, 2.24) is 4.31 Å². The lowest BCUT2D eigenvalue weighted by Gasteiger charge is -2.56. The summed E-state index contributed by atoms with van der Waals surface area (Å²) < 4.78 is 27.8. The topological polar surface area (TPSA) is 133 Å². The molecule has 32 heavy (non-hydrogen) atoms. The van der Waals surface area contributed by atoms with Gasteiger partial charge in [0.25, 0.3) is 0 Å². The van der Waals surface area contributed by atoms with Crippen molar-refractivity contribution in [3.05, 3.63) is 53.1 Å². The Balaban J connectivity index is 1.79. The van der Waals surface area contributed by atoms with E-state index in [2.05, 4.69) is 0 Å². The van der Waals surface area contributed by atoms with Crippen molar-refractivity contribution in [1.29, 1.82) is 21.0 Å². The molecule has 7 nitrogen and oxygen atoms in total. The quantitative estimate of drug-likeness (QED) is 0.488. The molecule has 5 rings (SSSR count). The maximum Gasteiger partial charge on any atom is 0.243 e. The Morgan fingerprint density at radius 1 is 0.938 bits per heavy atom. The Morgan fingerprint density at radius 2 is 1.44 bits per heavy atom. The van der Waals surface area contributed by atoms with Crippen molar-refractivity contribution in [3.63, 3.8) is 0 Å². The molecule has 0 saturated carbocycles. The van der Waals surface area contributed by atoms with Crippen molar-refractivity contribution >= 4 is 21.6 Å². The van der Waals surface area contributed by atoms with Gasteiger partial charge < -0.3 is 0 Å². The highest BCUT2D eigenvalue weighted by Gasteiger charge is 2.74. The third-order valence-electron chi connectivity index (χ3n) is 6.86. The molecule has 9 heteroatoms. The van der Waals surface area contributed by atoms with E-state index in [9.17, 15) is 29.5 Å². The maximum atomic E-state index is 13.2. The van der Waals surface area contributed by atoms with Gasteiger partial charge in [0.05, 0.1) is 29.2 Å². The number of hydrogen-bond acceptors (Lipinski definition) is 6. The number of halogens is 1. The van der Waals surface area contributed by atoms with Gasteiger partial charge in [-0.25, -0.2) is 8.42 Å². The average Bonchev–Trinajstić information content (AvgIpc) is 2.79. The van der Waals surface area contributed by atoms with Crippen LogP contribution < -0.4 is 0 Å². The molecular weight excluding hydrogens is 446 g/mol. The lowest BCUT2D eigenvalue weighted by molar-refractivity contribution is 0.172. The molecule has 1 fully saturated rings. The van der Waals surface area contributed by atoms with E-state index in [4.69, 9.17) is 11.6 Å². The van der Waals surface area contributed by atoms with E-state index in [0.29, 0.717) is 11.1 Å². The van der Waals surface area contributed by atoms with Crippen LogP contribution in [0.15, 0.2) is 52.5 Å². The van der Waals surface area contributed by atoms with E-state index in [1.54, 1.807) is 36.4 Å². The molecule has 0 radical (unpaired) electrons. The number of nitrogens with zero attached hydrogens (tertiary/aromatic N) is 5. The van der Waals surface area contributed by atoms with E-state index < -0.39 is 31.6 Å². The number of aryl methyl sites for hydroxylation is 1. The molecule has 0 unspecified atom stereocenters. The van der Waals surface area contributed by atoms with E-state index >= 15 is 0 Å². The molecule has 0 aromatic heterocycles. The van der Waals surface area contributed by atoms with Gasteiger partial charge in [0.2, 0.25) is 15.4 Å². The summed E-state index contributed by atoms with van der Waals surface area (Å²) in [5.41, 5.74) is -2.09. The summed E-state index contributed by atoms with van der Waals surface area (Å²) in [6, 6.07) is 14.3. The van der Waals surface area contributed by atoms with Gasteiger partial charge in [0, 0.05) is 19.0 Å². The largest absolute Gasteiger partial charge is 0.243 e. The van der Waals surface area contributed by atoms with Gasteiger partial charge in [-0.1, -0.05) is 29.8 Å². The standard InChI is InChI=1S/C23H18ClN5O2S/c1-16-2-4-20(5-3-16)32(30,31)29-8-6-17-10-19-11-18(7-9-29)23(17,24)22(14-27,15-28)21(19,12-25)13-26/h2-5,10-11,19H,6-9H2,1H3. The first-order valence-electron chi connectivity index (χ1n) is 10.00. The fourth-order valence-corrected chi connectivity index (χ4v) is 7.07. The summed E-state index contributed by atoms with van der Waals surface area (Å²) in [6.07, 6.45) is 3.69. The highest BCUT2D eigenvalue weighted by Crippen LogP contribution is 2.67. The average molecular weight is 464 g/mol. The minimum atomic E-state index is -3.75. The zero-order valence-electron chi connectivity index (χ0n) is 17.2. The summed E-state index contributed by atoms with van der Waals surface area (Å²) in [7, 11) is -3.75. The molecule has 4 aliphatic rings. The zero-order valence-corrected chi connectivity index (χ0v) is 18.8. The van der Waals surface area contributed by atoms with Crippen LogP contribution in [0.1, 0.15) is 18.4 Å². The molecule has 0 atom stereocenters. The Labute approximate surface area is 192 Å². The van der Waals surface area contributed by atoms with Gasteiger partial charge in [-0.3, -0.25) is 0 Å². The first-order valence-corrected chi connectivity index (χ1v) is 11.8. The smallest absolute Gasteiger partial charge is 0.207 e. The maximum absolute atomic E-state index is 13.2. The Bertz CT molecular complexity index is 1280. The Hall–Kier alpha value is -3.14. The fraction of sp³-hybridized carbons (Fsp3) is 0.391. The molecule has 4 bridgehead atoms. The first kappa shape index (κ1) is 22.1. The fourth-order valence-electron chi connectivity index (χ4n) is 5.08. The highest BCUT2D eigenvalue weighted by atomic mass is 35.5. The number of allylic oxidation sites excluding steroid dienone is 2. The summed E-state index contributed by atoms with van der Waals surface area (Å²) in [6.45, 7) is 2.09. The lowest BCUT2D eigenvalue weighted by atomic mass is 9.44. The molecule has 0 amide bonds. The van der Waals surface area contributed by atoms with Crippen LogP contribution in [0.4, 0.5) is 0 Å². The van der Waals surface area contributed by atoms with E-state index in [0.717, 1.165) is 5.56 Å². The van der Waals surface area contributed by atoms with Crippen LogP contribution in [0.25, 0.3) is 0 Å². The third-order valence-corrected chi connectivity index (χ3v) is 9.54. The molecule has 1 heterocycles. The number of fused-ring (bicyclic) bond motifs is 1. The van der Waals surface area contributed by atoms with Gasteiger partial charge in [0.15, 0.2) is 5.41 Å². The molecule has 1 saturated heterocycles. The summed E-state index contributed by atoms with van der Waals surface area (Å²) in [5.74, 6) is -0.775. The van der Waals surface area contributed by atoms with Crippen LogP contribution >= 0.6 is 11.6 Å². The number of benzene rings is 1. The van der Waals surface area contributed by atoms with Gasteiger partial charge >= 0.3 is 0 Å². The molecular formula is C23H18ClN5O2S. The molecule has 1 aromatic rings. The van der Waals surface area contributed by atoms with Gasteiger partial charge in [-0.05, 0) is 43.0 Å². The SMILES string of the molecule is Cc1ccc(S(=O)(=O)N2CCC3=CC4C=C(CC2)C3(Cl)C(C#N)(C#N)C4(C#N)C#N)cc1. The monoisotopic (exact) mass is 463 g/mol. The van der Waals surface area contributed by atoms with Crippen LogP contribution in [-0.4, -0.2) is 30.7 Å². The van der Waals surface area contributed by atoms with Crippen molar-refractivity contribution in [2.24, 2.45) is 16.7 Å². The molecule has 160 valence electrons. The van der Waals surface area contributed by atoms with Crippen LogP contribution in [0, 0.1) is 69.0 Å². The number of alkyl halides is 1. The second-order valence-electron chi connectivity index (χ2n) is 8.29. The van der Waals surface area contributed by atoms with E-state index in [1.807, 2.05) is 31.2 Å². The zero-order chi connectivity index (χ0) is 23.4. The molecule has 1 aliphatic heterocycles. The number of rotatable bonds is 2. The van der Waals surface area contributed by atoms with Crippen LogP contribution in [0.5, 0.6) is 0 Å². The van der Waals surface area contributed by atoms with Crippen LogP contribution in [0.3, 0.4) is 0 Å². The van der Waals surface area contributed by atoms with Crippen molar-refractivity contribution in [2.75, 3.05) is 13.1 Å². The molecule has 1 aromatic carbocycles. The van der Waals surface area contributed by atoms with Crippen LogP contribution in [-0.2, 0) is 10.0 Å². The molecule has 0 spiro atoms. The van der Waals surface area contributed by atoms with Gasteiger partial charge in [-0.2, -0.15) is 25.4 Å². The second kappa shape index (κ2) is 7.19. The predicted molar refractivity (Wildman–Crippen MR) is 115 cm³/mol. The van der Waals surface area contributed by atoms with E-state index in [1.165, 1.54) is 4.31 Å². The van der Waals surface area contributed by atoms with Crippen molar-refractivity contribution in [2.45, 2.75) is 29.5 Å². The predicted octanol–water partition coefficient (Wildman–Crippen LogP) is 3.32. The van der Waals surface area contributed by atoms with Crippen LogP contribution in [0.2, 0.25) is 0 Å². The Kier molecular flexibility index (Phi) is 4.96. The number of sulfonamides is 1. The van der Waals surface area contributed by atoms with Gasteiger partial charge in [-0.15, -0.1) is 11.6 Å². The first-order chi connectivity index (χ1) is 15.2.